The number of aryl methyl sites for hydroxylation is 1. The fraction of sp³-hybridized carbons (Fsp3) is 0.450. The molecule has 0 aliphatic carbocycles. The van der Waals surface area contributed by atoms with E-state index < -0.39 is 17.0 Å². The van der Waals surface area contributed by atoms with Crippen molar-refractivity contribution in [3.63, 3.8) is 0 Å². The minimum atomic E-state index is -0.750. The Morgan fingerprint density at radius 2 is 1.83 bits per heavy atom. The number of nitrogens with two attached hydrogens (primary N) is 1. The van der Waals surface area contributed by atoms with E-state index >= 15 is 0 Å². The van der Waals surface area contributed by atoms with Gasteiger partial charge in [0.25, 0.3) is 5.56 Å². The number of rotatable bonds is 9. The molecule has 1 unspecified atom stereocenters. The zero-order valence-corrected chi connectivity index (χ0v) is 17.5. The van der Waals surface area contributed by atoms with E-state index in [0.29, 0.717) is 31.0 Å². The Bertz CT molecular complexity index is 1010. The molecular formula is C20H29N4O5+. The first-order valence-electron chi connectivity index (χ1n) is 9.42. The number of ketones is 1. The quantitative estimate of drug-likeness (QED) is 0.495. The molecule has 9 heteroatoms. The third-order valence-electron chi connectivity index (χ3n) is 4.76. The van der Waals surface area contributed by atoms with Gasteiger partial charge in [0.15, 0.2) is 11.5 Å². The summed E-state index contributed by atoms with van der Waals surface area (Å²) in [6.45, 7) is 4.74. The van der Waals surface area contributed by atoms with Crippen LogP contribution in [0.3, 0.4) is 0 Å². The molecule has 0 saturated heterocycles. The summed E-state index contributed by atoms with van der Waals surface area (Å²) < 4.78 is 11.9. The zero-order chi connectivity index (χ0) is 21.7. The Kier molecular flexibility index (Phi) is 7.22. The van der Waals surface area contributed by atoms with Gasteiger partial charge in [0.2, 0.25) is 5.78 Å². The molecule has 0 spiro atoms. The highest BCUT2D eigenvalue weighted by atomic mass is 16.5. The Morgan fingerprint density at radius 3 is 2.41 bits per heavy atom. The molecule has 2 rings (SSSR count). The fourth-order valence-electron chi connectivity index (χ4n) is 3.27. The number of quaternary nitrogens is 1. The Balaban J connectivity index is 2.25. The first-order chi connectivity index (χ1) is 13.7. The van der Waals surface area contributed by atoms with E-state index in [-0.39, 0.29) is 17.9 Å². The minimum Gasteiger partial charge on any atom is -0.493 e. The van der Waals surface area contributed by atoms with Crippen LogP contribution in [0.4, 0.5) is 5.82 Å². The number of nitrogens with zero attached hydrogens (tertiary/aromatic N) is 1. The molecule has 29 heavy (non-hydrogen) atoms. The molecule has 0 fully saturated rings. The number of hydrogen-bond acceptors (Lipinski definition) is 6. The lowest BCUT2D eigenvalue weighted by atomic mass is 10.1. The number of carbonyl (C=O) groups excluding carboxylic acids is 1. The number of nitrogen functional groups attached to an aromatic ring is 1. The number of ether oxygens (including phenoxy) is 2. The molecule has 0 radical (unpaired) electrons. The second-order valence-electron chi connectivity index (χ2n) is 7.04. The van der Waals surface area contributed by atoms with Crippen molar-refractivity contribution < 1.29 is 19.2 Å². The van der Waals surface area contributed by atoms with Crippen molar-refractivity contribution >= 4 is 11.6 Å². The molecule has 0 saturated carbocycles. The first kappa shape index (κ1) is 22.2. The van der Waals surface area contributed by atoms with E-state index in [1.807, 2.05) is 33.0 Å². The number of H-pyrrole nitrogens is 1. The van der Waals surface area contributed by atoms with Gasteiger partial charge in [0.05, 0.1) is 21.3 Å². The van der Waals surface area contributed by atoms with Gasteiger partial charge < -0.3 is 20.1 Å². The Labute approximate surface area is 169 Å². The molecule has 0 bridgehead atoms. The smallest absolute Gasteiger partial charge is 0.329 e. The van der Waals surface area contributed by atoms with Crippen LogP contribution in [0.25, 0.3) is 0 Å². The summed E-state index contributed by atoms with van der Waals surface area (Å²) in [7, 11) is 4.99. The standard InChI is InChI=1S/C20H28N4O5/c1-6-7-24-18(21)17(19(26)22-20(24)27)14(25)11-23(3)10-13-9-16(29-5)15(28-4)8-12(13)2/h8-9H,6-7,10-11,21H2,1-5H3,(H,22,26,27)/p+1. The van der Waals surface area contributed by atoms with Gasteiger partial charge in [-0.2, -0.15) is 0 Å². The van der Waals surface area contributed by atoms with E-state index in [2.05, 4.69) is 4.98 Å². The molecule has 2 aromatic rings. The Hall–Kier alpha value is -3.07. The number of hydrogen-bond donors (Lipinski definition) is 3. The van der Waals surface area contributed by atoms with E-state index in [4.69, 9.17) is 15.2 Å². The van der Waals surface area contributed by atoms with Crippen molar-refractivity contribution in [1.29, 1.82) is 0 Å². The molecule has 0 amide bonds. The molecule has 1 atom stereocenters. The predicted octanol–water partition coefficient (Wildman–Crippen LogP) is -0.248. The van der Waals surface area contributed by atoms with Crippen LogP contribution in [0, 0.1) is 6.92 Å². The average molecular weight is 405 g/mol. The Morgan fingerprint density at radius 1 is 1.21 bits per heavy atom. The van der Waals surface area contributed by atoms with Crippen LogP contribution in [0.2, 0.25) is 0 Å². The third-order valence-corrected chi connectivity index (χ3v) is 4.76. The SMILES string of the molecule is CCCn1c(N)c(C(=O)C[NH+](C)Cc2cc(OC)c(OC)cc2C)c(=O)[nH]c1=O. The lowest BCUT2D eigenvalue weighted by Gasteiger charge is -2.17. The van der Waals surface area contributed by atoms with Crippen molar-refractivity contribution in [3.8, 4) is 11.5 Å². The van der Waals surface area contributed by atoms with Crippen molar-refractivity contribution in [2.75, 3.05) is 33.5 Å². The monoisotopic (exact) mass is 405 g/mol. The first-order valence-corrected chi connectivity index (χ1v) is 9.42. The van der Waals surface area contributed by atoms with E-state index in [0.717, 1.165) is 16.0 Å². The molecule has 1 aromatic carbocycles. The third kappa shape index (κ3) is 4.86. The maximum Gasteiger partial charge on any atom is 0.329 e. The highest BCUT2D eigenvalue weighted by Crippen LogP contribution is 2.29. The van der Waals surface area contributed by atoms with Gasteiger partial charge in [-0.15, -0.1) is 0 Å². The summed E-state index contributed by atoms with van der Waals surface area (Å²) in [5.41, 5.74) is 6.45. The highest BCUT2D eigenvalue weighted by molar-refractivity contribution is 6.00. The maximum atomic E-state index is 12.8. The van der Waals surface area contributed by atoms with Crippen LogP contribution in [0.5, 0.6) is 11.5 Å². The molecule has 0 aliphatic rings. The predicted molar refractivity (Wildman–Crippen MR) is 110 cm³/mol. The van der Waals surface area contributed by atoms with Gasteiger partial charge in [-0.1, -0.05) is 6.92 Å². The number of Topliss-reactive ketones (excluding diaryl/α,β-unsaturated/α-hetero) is 1. The molecule has 1 heterocycles. The van der Waals surface area contributed by atoms with Crippen molar-refractivity contribution in [2.45, 2.75) is 33.4 Å². The van der Waals surface area contributed by atoms with Crippen LogP contribution < -0.4 is 31.4 Å². The van der Waals surface area contributed by atoms with Crippen LogP contribution in [0.1, 0.15) is 34.8 Å². The van der Waals surface area contributed by atoms with E-state index in [1.165, 1.54) is 4.57 Å². The lowest BCUT2D eigenvalue weighted by molar-refractivity contribution is -0.884. The number of nitrogens with one attached hydrogen (secondary N) is 2. The second-order valence-corrected chi connectivity index (χ2v) is 7.04. The lowest BCUT2D eigenvalue weighted by Crippen LogP contribution is -3.08. The molecule has 158 valence electrons. The number of carbonyl (C=O) groups is 1. The topological polar surface area (TPSA) is 121 Å². The number of methoxy groups -OCH3 is 2. The highest BCUT2D eigenvalue weighted by Gasteiger charge is 2.23. The minimum absolute atomic E-state index is 0.0470. The normalized spacial score (nSPS) is 11.9. The molecule has 1 aromatic heterocycles. The van der Waals surface area contributed by atoms with Crippen molar-refractivity contribution in [2.24, 2.45) is 0 Å². The van der Waals surface area contributed by atoms with E-state index in [1.54, 1.807) is 14.2 Å². The van der Waals surface area contributed by atoms with Gasteiger partial charge in [-0.3, -0.25) is 19.1 Å². The van der Waals surface area contributed by atoms with Crippen LogP contribution >= 0.6 is 0 Å². The summed E-state index contributed by atoms with van der Waals surface area (Å²) in [6.07, 6.45) is 0.646. The van der Waals surface area contributed by atoms with Crippen LogP contribution in [0.15, 0.2) is 21.7 Å². The number of aromatic amines is 1. The summed E-state index contributed by atoms with van der Waals surface area (Å²) in [6, 6.07) is 3.76. The summed E-state index contributed by atoms with van der Waals surface area (Å²) >= 11 is 0. The summed E-state index contributed by atoms with van der Waals surface area (Å²) in [5, 5.41) is 0. The molecule has 9 nitrogen and oxygen atoms in total. The zero-order valence-electron chi connectivity index (χ0n) is 17.5. The molecular weight excluding hydrogens is 376 g/mol. The van der Waals surface area contributed by atoms with Gasteiger partial charge in [0, 0.05) is 12.1 Å². The second kappa shape index (κ2) is 9.42. The summed E-state index contributed by atoms with van der Waals surface area (Å²) in [4.78, 5) is 40.0. The average Bonchev–Trinajstić information content (AvgIpc) is 2.66. The van der Waals surface area contributed by atoms with Gasteiger partial charge in [-0.05, 0) is 31.0 Å². The van der Waals surface area contributed by atoms with Crippen LogP contribution in [-0.2, 0) is 13.1 Å². The number of anilines is 1. The van der Waals surface area contributed by atoms with Crippen LogP contribution in [-0.4, -0.2) is 43.1 Å². The van der Waals surface area contributed by atoms with Crippen molar-refractivity contribution in [1.82, 2.24) is 9.55 Å². The number of benzene rings is 1. The van der Waals surface area contributed by atoms with Gasteiger partial charge in [0.1, 0.15) is 24.5 Å². The maximum absolute atomic E-state index is 12.8. The van der Waals surface area contributed by atoms with Gasteiger partial charge in [-0.25, -0.2) is 4.79 Å². The largest absolute Gasteiger partial charge is 0.493 e. The van der Waals surface area contributed by atoms with Crippen molar-refractivity contribution in [3.05, 3.63) is 49.7 Å². The number of likely N-dealkylation sites (N-methyl/N-ethyl adjacent to an activating group) is 1. The van der Waals surface area contributed by atoms with E-state index in [9.17, 15) is 14.4 Å². The summed E-state index contributed by atoms with van der Waals surface area (Å²) in [5.74, 6) is 0.754. The number of aromatic nitrogens is 2. The molecule has 4 N–H and O–H groups in total. The van der Waals surface area contributed by atoms with Gasteiger partial charge >= 0.3 is 5.69 Å². The fourth-order valence-corrected chi connectivity index (χ4v) is 3.27. The molecule has 0 aliphatic heterocycles.